The van der Waals surface area contributed by atoms with Gasteiger partial charge in [0.25, 0.3) is 0 Å². The van der Waals surface area contributed by atoms with Gasteiger partial charge in [-0.25, -0.2) is 0 Å². The van der Waals surface area contributed by atoms with Crippen molar-refractivity contribution in [3.05, 3.63) is 24.0 Å². The lowest BCUT2D eigenvalue weighted by Gasteiger charge is -2.21. The number of hydrogen-bond donors (Lipinski definition) is 1. The van der Waals surface area contributed by atoms with Crippen LogP contribution in [0.15, 0.2) is 18.5 Å². The van der Waals surface area contributed by atoms with E-state index in [9.17, 15) is 18.0 Å². The van der Waals surface area contributed by atoms with Crippen LogP contribution in [0.3, 0.4) is 0 Å². The average molecular weight is 277 g/mol. The van der Waals surface area contributed by atoms with E-state index in [1.807, 2.05) is 0 Å². The first-order chi connectivity index (χ1) is 8.81. The number of aromatic nitrogens is 2. The molecule has 0 aliphatic rings. The Labute approximate surface area is 107 Å². The van der Waals surface area contributed by atoms with E-state index in [0.717, 1.165) is 6.08 Å². The molecule has 1 N–H and O–H groups in total. The van der Waals surface area contributed by atoms with Gasteiger partial charge in [0, 0.05) is 31.4 Å². The molecule has 0 spiro atoms. The Bertz CT molecular complexity index is 454. The fourth-order valence-electron chi connectivity index (χ4n) is 1.40. The number of carbonyl (C=O) groups excluding carboxylic acids is 1. The molecule has 0 atom stereocenters. The number of rotatable bonds is 5. The molecule has 0 aliphatic carbocycles. The van der Waals surface area contributed by atoms with Gasteiger partial charge in [-0.1, -0.05) is 0 Å². The number of carbonyl (C=O) groups is 1. The second-order valence-electron chi connectivity index (χ2n) is 3.88. The van der Waals surface area contributed by atoms with Crippen molar-refractivity contribution >= 4 is 12.0 Å². The molecule has 1 amide bonds. The van der Waals surface area contributed by atoms with E-state index in [-0.39, 0.29) is 6.54 Å². The molecule has 0 saturated carbocycles. The highest BCUT2D eigenvalue weighted by atomic mass is 19.4. The molecule has 0 saturated heterocycles. The molecule has 0 aliphatic heterocycles. The molecule has 1 aromatic heterocycles. The van der Waals surface area contributed by atoms with Crippen LogP contribution < -0.4 is 0 Å². The number of hydrogen-bond acceptors (Lipinski definition) is 3. The van der Waals surface area contributed by atoms with Crippen LogP contribution in [-0.2, 0) is 11.8 Å². The minimum Gasteiger partial charge on any atom is -0.395 e. The molecular formula is C11H14F3N3O2. The number of nitrogens with zero attached hydrogens (tertiary/aromatic N) is 3. The van der Waals surface area contributed by atoms with Gasteiger partial charge in [0.1, 0.15) is 6.54 Å². The van der Waals surface area contributed by atoms with E-state index >= 15 is 0 Å². The Kier molecular flexibility index (Phi) is 5.11. The van der Waals surface area contributed by atoms with Crippen LogP contribution in [0.25, 0.3) is 6.08 Å². The van der Waals surface area contributed by atoms with Crippen molar-refractivity contribution in [2.45, 2.75) is 6.18 Å². The average Bonchev–Trinajstić information content (AvgIpc) is 2.70. The predicted molar refractivity (Wildman–Crippen MR) is 62.0 cm³/mol. The number of alkyl halides is 3. The molecular weight excluding hydrogens is 263 g/mol. The molecule has 0 fully saturated rings. The standard InChI is InChI=1S/C11H14F3N3O2/c1-16-7-9(6-15-16)2-3-10(19)17(4-5-18)8-11(12,13)14/h2-3,6-7,18H,4-5,8H2,1H3/b3-2+. The highest BCUT2D eigenvalue weighted by molar-refractivity contribution is 5.91. The lowest BCUT2D eigenvalue weighted by Crippen LogP contribution is -2.39. The first kappa shape index (κ1) is 15.2. The van der Waals surface area contributed by atoms with Gasteiger partial charge in [0.2, 0.25) is 5.91 Å². The van der Waals surface area contributed by atoms with Crippen molar-refractivity contribution in [1.82, 2.24) is 14.7 Å². The molecule has 1 rings (SSSR count). The van der Waals surface area contributed by atoms with Crippen molar-refractivity contribution in [3.8, 4) is 0 Å². The Morgan fingerprint density at radius 1 is 1.58 bits per heavy atom. The smallest absolute Gasteiger partial charge is 0.395 e. The van der Waals surface area contributed by atoms with Crippen molar-refractivity contribution < 1.29 is 23.1 Å². The van der Waals surface area contributed by atoms with Crippen LogP contribution in [0, 0.1) is 0 Å². The summed E-state index contributed by atoms with van der Waals surface area (Å²) in [6.45, 7) is -2.28. The molecule has 1 heterocycles. The van der Waals surface area contributed by atoms with Crippen LogP contribution in [-0.4, -0.2) is 51.6 Å². The van der Waals surface area contributed by atoms with Gasteiger partial charge in [0.05, 0.1) is 12.8 Å². The zero-order valence-electron chi connectivity index (χ0n) is 10.3. The zero-order valence-corrected chi connectivity index (χ0v) is 10.3. The predicted octanol–water partition coefficient (Wildman–Crippen LogP) is 0.817. The second-order valence-corrected chi connectivity index (χ2v) is 3.88. The lowest BCUT2D eigenvalue weighted by atomic mass is 10.3. The summed E-state index contributed by atoms with van der Waals surface area (Å²) in [6.07, 6.45) is 0.995. The summed E-state index contributed by atoms with van der Waals surface area (Å²) < 4.78 is 38.2. The summed E-state index contributed by atoms with van der Waals surface area (Å²) in [5.41, 5.74) is 0.604. The van der Waals surface area contributed by atoms with Gasteiger partial charge in [-0.05, 0) is 6.08 Å². The zero-order chi connectivity index (χ0) is 14.5. The summed E-state index contributed by atoms with van der Waals surface area (Å²) in [7, 11) is 1.68. The fraction of sp³-hybridized carbons (Fsp3) is 0.455. The van der Waals surface area contributed by atoms with Crippen LogP contribution in [0.2, 0.25) is 0 Å². The van der Waals surface area contributed by atoms with Crippen LogP contribution >= 0.6 is 0 Å². The van der Waals surface area contributed by atoms with Gasteiger partial charge in [-0.15, -0.1) is 0 Å². The molecule has 0 radical (unpaired) electrons. The Morgan fingerprint density at radius 3 is 2.74 bits per heavy atom. The summed E-state index contributed by atoms with van der Waals surface area (Å²) in [5.74, 6) is -0.810. The molecule has 19 heavy (non-hydrogen) atoms. The maximum Gasteiger partial charge on any atom is 0.406 e. The fourth-order valence-corrected chi connectivity index (χ4v) is 1.40. The molecule has 1 aromatic rings. The SMILES string of the molecule is Cn1cc(/C=C/C(=O)N(CCO)CC(F)(F)F)cn1. The summed E-state index contributed by atoms with van der Waals surface area (Å²) in [5, 5.41) is 12.5. The largest absolute Gasteiger partial charge is 0.406 e. The topological polar surface area (TPSA) is 58.4 Å². The summed E-state index contributed by atoms with van der Waals surface area (Å²) in [4.78, 5) is 12.1. The molecule has 0 aromatic carbocycles. The number of aliphatic hydroxyl groups is 1. The lowest BCUT2D eigenvalue weighted by molar-refractivity contribution is -0.158. The first-order valence-electron chi connectivity index (χ1n) is 5.45. The second kappa shape index (κ2) is 6.37. The normalized spacial score (nSPS) is 12.1. The van der Waals surface area contributed by atoms with Gasteiger partial charge >= 0.3 is 6.18 Å². The molecule has 0 unspecified atom stereocenters. The van der Waals surface area contributed by atoms with Crippen molar-refractivity contribution in [2.24, 2.45) is 7.05 Å². The van der Waals surface area contributed by atoms with Crippen molar-refractivity contribution in [2.75, 3.05) is 19.7 Å². The van der Waals surface area contributed by atoms with Crippen LogP contribution in [0.4, 0.5) is 13.2 Å². The molecule has 106 valence electrons. The third-order valence-electron chi connectivity index (χ3n) is 2.19. The van der Waals surface area contributed by atoms with Gasteiger partial charge in [-0.2, -0.15) is 18.3 Å². The van der Waals surface area contributed by atoms with E-state index in [1.165, 1.54) is 17.0 Å². The maximum absolute atomic E-state index is 12.2. The van der Waals surface area contributed by atoms with E-state index in [4.69, 9.17) is 5.11 Å². The number of aliphatic hydroxyl groups excluding tert-OH is 1. The molecule has 8 heteroatoms. The Morgan fingerprint density at radius 2 is 2.26 bits per heavy atom. The Balaban J connectivity index is 2.69. The number of amides is 1. The third kappa shape index (κ3) is 5.56. The summed E-state index contributed by atoms with van der Waals surface area (Å²) in [6, 6.07) is 0. The van der Waals surface area contributed by atoms with E-state index < -0.39 is 25.2 Å². The van der Waals surface area contributed by atoms with Crippen molar-refractivity contribution in [1.29, 1.82) is 0 Å². The minimum atomic E-state index is -4.49. The Hall–Kier alpha value is -1.83. The van der Waals surface area contributed by atoms with Crippen LogP contribution in [0.5, 0.6) is 0 Å². The first-order valence-corrected chi connectivity index (χ1v) is 5.45. The highest BCUT2D eigenvalue weighted by Gasteiger charge is 2.32. The van der Waals surface area contributed by atoms with E-state index in [1.54, 1.807) is 13.2 Å². The number of aryl methyl sites for hydroxylation is 1. The quantitative estimate of drug-likeness (QED) is 0.811. The van der Waals surface area contributed by atoms with E-state index in [0.29, 0.717) is 10.5 Å². The monoisotopic (exact) mass is 277 g/mol. The van der Waals surface area contributed by atoms with E-state index in [2.05, 4.69) is 5.10 Å². The van der Waals surface area contributed by atoms with Gasteiger partial charge in [0.15, 0.2) is 0 Å². The van der Waals surface area contributed by atoms with Gasteiger partial charge < -0.3 is 10.0 Å². The number of halogens is 3. The molecule has 0 bridgehead atoms. The third-order valence-corrected chi connectivity index (χ3v) is 2.19. The minimum absolute atomic E-state index is 0.365. The van der Waals surface area contributed by atoms with Crippen LogP contribution in [0.1, 0.15) is 5.56 Å². The van der Waals surface area contributed by atoms with Crippen molar-refractivity contribution in [3.63, 3.8) is 0 Å². The maximum atomic E-state index is 12.2. The van der Waals surface area contributed by atoms with Gasteiger partial charge in [-0.3, -0.25) is 9.48 Å². The highest BCUT2D eigenvalue weighted by Crippen LogP contribution is 2.16. The molecule has 5 nitrogen and oxygen atoms in total. The summed E-state index contributed by atoms with van der Waals surface area (Å²) >= 11 is 0.